The molecule has 0 saturated carbocycles. The first kappa shape index (κ1) is 11.8. The Morgan fingerprint density at radius 1 is 1.43 bits per heavy atom. The minimum atomic E-state index is -0.0892. The van der Waals surface area contributed by atoms with Crippen molar-refractivity contribution in [2.75, 3.05) is 45.3 Å². The molecular weight excluding hydrogens is 204 g/mol. The number of alkyl halides is 1. The lowest BCUT2D eigenvalue weighted by Crippen LogP contribution is -2.38. The largest absolute Gasteiger partial charge is 0.379 e. The van der Waals surface area contributed by atoms with E-state index < -0.39 is 0 Å². The Morgan fingerprint density at radius 2 is 2.14 bits per heavy atom. The van der Waals surface area contributed by atoms with Crippen molar-refractivity contribution in [2.24, 2.45) is 0 Å². The zero-order valence-electron chi connectivity index (χ0n) is 8.30. The van der Waals surface area contributed by atoms with Gasteiger partial charge in [0.1, 0.15) is 5.88 Å². The summed E-state index contributed by atoms with van der Waals surface area (Å²) in [6.45, 7) is 5.39. The number of hydrogen-bond donors (Lipinski definition) is 1. The van der Waals surface area contributed by atoms with Crippen molar-refractivity contribution in [3.05, 3.63) is 0 Å². The van der Waals surface area contributed by atoms with Crippen molar-refractivity contribution in [3.63, 3.8) is 0 Å². The van der Waals surface area contributed by atoms with Crippen molar-refractivity contribution in [3.8, 4) is 0 Å². The molecule has 0 unspecified atom stereocenters. The first-order valence-electron chi connectivity index (χ1n) is 4.95. The molecule has 14 heavy (non-hydrogen) atoms. The predicted octanol–water partition coefficient (Wildman–Crippen LogP) is 0.0637. The number of nitrogens with one attached hydrogen (secondary N) is 1. The van der Waals surface area contributed by atoms with Crippen LogP contribution in [0.5, 0.6) is 0 Å². The van der Waals surface area contributed by atoms with Crippen LogP contribution in [0.4, 0.5) is 0 Å². The highest BCUT2D eigenvalue weighted by molar-refractivity contribution is 6.27. The fourth-order valence-corrected chi connectivity index (χ4v) is 1.50. The third-order valence-corrected chi connectivity index (χ3v) is 2.44. The van der Waals surface area contributed by atoms with Gasteiger partial charge in [-0.05, 0) is 13.0 Å². The maximum absolute atomic E-state index is 10.8. The van der Waals surface area contributed by atoms with Crippen LogP contribution in [0.15, 0.2) is 0 Å². The number of carbonyl (C=O) groups excluding carboxylic acids is 1. The van der Waals surface area contributed by atoms with Gasteiger partial charge in [0.15, 0.2) is 0 Å². The Bertz CT molecular complexity index is 172. The van der Waals surface area contributed by atoms with E-state index in [4.69, 9.17) is 16.3 Å². The van der Waals surface area contributed by atoms with Gasteiger partial charge in [-0.15, -0.1) is 11.6 Å². The summed E-state index contributed by atoms with van der Waals surface area (Å²) in [5.74, 6) is -0.0361. The molecule has 0 bridgehead atoms. The molecule has 5 heteroatoms. The zero-order valence-corrected chi connectivity index (χ0v) is 9.05. The van der Waals surface area contributed by atoms with E-state index in [0.717, 1.165) is 39.3 Å². The molecule has 1 heterocycles. The Hall–Kier alpha value is -0.320. The molecule has 1 N–H and O–H groups in total. The molecule has 0 spiro atoms. The van der Waals surface area contributed by atoms with Gasteiger partial charge in [-0.1, -0.05) is 0 Å². The van der Waals surface area contributed by atoms with Crippen LogP contribution in [0, 0.1) is 0 Å². The van der Waals surface area contributed by atoms with Gasteiger partial charge in [-0.25, -0.2) is 0 Å². The third kappa shape index (κ3) is 4.79. The Kier molecular flexibility index (Phi) is 5.91. The number of nitrogens with zero attached hydrogens (tertiary/aromatic N) is 1. The Balaban J connectivity index is 1.94. The average molecular weight is 221 g/mol. The van der Waals surface area contributed by atoms with Crippen LogP contribution < -0.4 is 5.32 Å². The second-order valence-electron chi connectivity index (χ2n) is 3.29. The van der Waals surface area contributed by atoms with Crippen LogP contribution in [-0.4, -0.2) is 56.1 Å². The summed E-state index contributed by atoms with van der Waals surface area (Å²) in [5.41, 5.74) is 0. The van der Waals surface area contributed by atoms with Gasteiger partial charge in [0.05, 0.1) is 13.2 Å². The van der Waals surface area contributed by atoms with Gasteiger partial charge in [0, 0.05) is 19.6 Å². The molecule has 0 aliphatic carbocycles. The smallest absolute Gasteiger partial charge is 0.234 e. The zero-order chi connectivity index (χ0) is 10.2. The van der Waals surface area contributed by atoms with E-state index in [1.807, 2.05) is 0 Å². The van der Waals surface area contributed by atoms with Gasteiger partial charge >= 0.3 is 0 Å². The number of hydrogen-bond acceptors (Lipinski definition) is 3. The molecule has 1 amide bonds. The van der Waals surface area contributed by atoms with Crippen LogP contribution in [0.1, 0.15) is 6.42 Å². The topological polar surface area (TPSA) is 41.6 Å². The lowest BCUT2D eigenvalue weighted by Gasteiger charge is -2.26. The second kappa shape index (κ2) is 7.04. The predicted molar refractivity (Wildman–Crippen MR) is 55.6 cm³/mol. The summed E-state index contributed by atoms with van der Waals surface area (Å²) < 4.78 is 5.23. The standard InChI is InChI=1S/C9H17ClN2O2/c10-8-9(13)11-2-1-3-12-4-6-14-7-5-12/h1-8H2,(H,11,13). The molecule has 82 valence electrons. The fraction of sp³-hybridized carbons (Fsp3) is 0.889. The van der Waals surface area contributed by atoms with E-state index in [0.29, 0.717) is 6.54 Å². The van der Waals surface area contributed by atoms with Crippen LogP contribution in [-0.2, 0) is 9.53 Å². The molecule has 4 nitrogen and oxygen atoms in total. The van der Waals surface area contributed by atoms with Crippen molar-refractivity contribution in [1.29, 1.82) is 0 Å². The van der Waals surface area contributed by atoms with E-state index in [1.54, 1.807) is 0 Å². The number of ether oxygens (including phenoxy) is 1. The van der Waals surface area contributed by atoms with Crippen LogP contribution >= 0.6 is 11.6 Å². The summed E-state index contributed by atoms with van der Waals surface area (Å²) in [5, 5.41) is 2.74. The number of morpholine rings is 1. The van der Waals surface area contributed by atoms with Crippen molar-refractivity contribution >= 4 is 17.5 Å². The number of halogens is 1. The molecule has 1 aliphatic rings. The molecule has 0 radical (unpaired) electrons. The number of amides is 1. The first-order chi connectivity index (χ1) is 6.83. The number of rotatable bonds is 5. The lowest BCUT2D eigenvalue weighted by molar-refractivity contribution is -0.118. The molecule has 0 aromatic rings. The van der Waals surface area contributed by atoms with E-state index in [9.17, 15) is 4.79 Å². The average Bonchev–Trinajstić information content (AvgIpc) is 2.25. The van der Waals surface area contributed by atoms with E-state index in [1.165, 1.54) is 0 Å². The van der Waals surface area contributed by atoms with Crippen LogP contribution in [0.2, 0.25) is 0 Å². The summed E-state index contributed by atoms with van der Waals surface area (Å²) >= 11 is 5.34. The summed E-state index contributed by atoms with van der Waals surface area (Å²) in [7, 11) is 0. The number of carbonyl (C=O) groups is 1. The molecule has 0 aromatic carbocycles. The molecular formula is C9H17ClN2O2. The minimum absolute atomic E-state index is 0.0531. The SMILES string of the molecule is O=C(CCl)NCCCN1CCOCC1. The maximum Gasteiger partial charge on any atom is 0.234 e. The van der Waals surface area contributed by atoms with E-state index in [2.05, 4.69) is 10.2 Å². The lowest BCUT2D eigenvalue weighted by atomic mass is 10.3. The maximum atomic E-state index is 10.8. The first-order valence-corrected chi connectivity index (χ1v) is 5.49. The molecule has 0 atom stereocenters. The van der Waals surface area contributed by atoms with Gasteiger partial charge < -0.3 is 10.1 Å². The van der Waals surface area contributed by atoms with Crippen LogP contribution in [0.3, 0.4) is 0 Å². The fourth-order valence-electron chi connectivity index (χ4n) is 1.40. The highest BCUT2D eigenvalue weighted by Crippen LogP contribution is 1.97. The second-order valence-corrected chi connectivity index (χ2v) is 3.56. The normalized spacial score (nSPS) is 18.1. The third-order valence-electron chi connectivity index (χ3n) is 2.20. The Morgan fingerprint density at radius 3 is 2.79 bits per heavy atom. The molecule has 1 saturated heterocycles. The van der Waals surface area contributed by atoms with Gasteiger partial charge in [-0.2, -0.15) is 0 Å². The minimum Gasteiger partial charge on any atom is -0.379 e. The van der Waals surface area contributed by atoms with Crippen LogP contribution in [0.25, 0.3) is 0 Å². The van der Waals surface area contributed by atoms with Gasteiger partial charge in [0.2, 0.25) is 5.91 Å². The molecule has 1 fully saturated rings. The highest BCUT2D eigenvalue weighted by atomic mass is 35.5. The molecule has 1 rings (SSSR count). The molecule has 0 aromatic heterocycles. The van der Waals surface area contributed by atoms with Crippen molar-refractivity contribution < 1.29 is 9.53 Å². The monoisotopic (exact) mass is 220 g/mol. The van der Waals surface area contributed by atoms with E-state index in [-0.39, 0.29) is 11.8 Å². The quantitative estimate of drug-likeness (QED) is 0.527. The van der Waals surface area contributed by atoms with Crippen molar-refractivity contribution in [2.45, 2.75) is 6.42 Å². The summed E-state index contributed by atoms with van der Waals surface area (Å²) in [6.07, 6.45) is 0.975. The van der Waals surface area contributed by atoms with E-state index >= 15 is 0 Å². The molecule has 1 aliphatic heterocycles. The summed E-state index contributed by atoms with van der Waals surface area (Å²) in [6, 6.07) is 0. The Labute approximate surface area is 89.5 Å². The highest BCUT2D eigenvalue weighted by Gasteiger charge is 2.09. The van der Waals surface area contributed by atoms with Gasteiger partial charge in [0.25, 0.3) is 0 Å². The summed E-state index contributed by atoms with van der Waals surface area (Å²) in [4.78, 5) is 13.1. The van der Waals surface area contributed by atoms with Gasteiger partial charge in [-0.3, -0.25) is 9.69 Å². The van der Waals surface area contributed by atoms with Crippen molar-refractivity contribution in [1.82, 2.24) is 10.2 Å².